The number of rotatable bonds is 6. The molecule has 1 aromatic rings. The topological polar surface area (TPSA) is 98.4 Å². The number of benzene rings is 1. The molecule has 0 aliphatic heterocycles. The van der Waals surface area contributed by atoms with Crippen LogP contribution in [0.3, 0.4) is 0 Å². The molecule has 1 unspecified atom stereocenters. The van der Waals surface area contributed by atoms with Gasteiger partial charge in [-0.15, -0.1) is 49.6 Å². The summed E-state index contributed by atoms with van der Waals surface area (Å²) in [5.41, 5.74) is 5.11. The zero-order chi connectivity index (χ0) is 16.4. The number of unbranched alkanes of at least 4 members (excludes halogenated alkanes) is 1. The van der Waals surface area contributed by atoms with E-state index in [1.54, 1.807) is 0 Å². The average molecular weight is 448 g/mol. The molecule has 0 heterocycles. The molecule has 0 saturated heterocycles. The van der Waals surface area contributed by atoms with Crippen LogP contribution in [0.5, 0.6) is 0 Å². The molecule has 1 atom stereocenters. The summed E-state index contributed by atoms with van der Waals surface area (Å²) in [7, 11) is 0. The van der Waals surface area contributed by atoms with E-state index in [9.17, 15) is 13.6 Å². The minimum absolute atomic E-state index is 0. The Hall–Kier alpha value is -0.250. The first kappa shape index (κ1) is 35.8. The van der Waals surface area contributed by atoms with E-state index >= 15 is 0 Å². The molecule has 0 fully saturated rings. The zero-order valence-corrected chi connectivity index (χ0v) is 17.4. The van der Waals surface area contributed by atoms with E-state index in [1.807, 2.05) is 6.92 Å². The van der Waals surface area contributed by atoms with Gasteiger partial charge < -0.3 is 5.73 Å². The summed E-state index contributed by atoms with van der Waals surface area (Å²) in [6.45, 7) is 3.94. The average Bonchev–Trinajstić information content (AvgIpc) is 2.42. The molecule has 0 aromatic heterocycles. The van der Waals surface area contributed by atoms with Crippen molar-refractivity contribution in [2.45, 2.75) is 39.2 Å². The number of carbonyl (C=O) groups excluding carboxylic acids is 1. The molecular weight excluding hydrogens is 420 g/mol. The molecule has 0 radical (unpaired) electrons. The van der Waals surface area contributed by atoms with Crippen LogP contribution in [0.15, 0.2) is 18.2 Å². The first-order valence-corrected chi connectivity index (χ1v) is 6.74. The lowest BCUT2D eigenvalue weighted by atomic mass is 10.1. The van der Waals surface area contributed by atoms with Gasteiger partial charge in [0.1, 0.15) is 11.6 Å². The largest absolute Gasteiger partial charge is 0.330 e. The molecule has 25 heavy (non-hydrogen) atoms. The zero-order valence-electron chi connectivity index (χ0n) is 14.1. The quantitative estimate of drug-likeness (QED) is 0.268. The summed E-state index contributed by atoms with van der Waals surface area (Å²) < 4.78 is 25.0. The number of ketones is 1. The van der Waals surface area contributed by atoms with Gasteiger partial charge in [-0.3, -0.25) is 16.5 Å². The SMILES string of the molecule is CC(=O)c1cc(F)ccc1F.CC(CCCCN)N(N)N.Cl.Cl.Cl.Cl. The molecule has 0 bridgehead atoms. The minimum atomic E-state index is -0.682. The number of nitrogens with zero attached hydrogens (tertiary/aromatic N) is 1. The van der Waals surface area contributed by atoms with E-state index in [1.165, 1.54) is 12.0 Å². The predicted molar refractivity (Wildman–Crippen MR) is 108 cm³/mol. The van der Waals surface area contributed by atoms with Gasteiger partial charge in [0.15, 0.2) is 5.78 Å². The Bertz CT molecular complexity index is 457. The van der Waals surface area contributed by atoms with Crippen LogP contribution >= 0.6 is 49.6 Å². The van der Waals surface area contributed by atoms with Crippen LogP contribution < -0.4 is 17.4 Å². The van der Waals surface area contributed by atoms with Crippen LogP contribution in [-0.2, 0) is 0 Å². The van der Waals surface area contributed by atoms with E-state index in [4.69, 9.17) is 17.4 Å². The highest BCUT2D eigenvalue weighted by atomic mass is 35.5. The normalized spacial score (nSPS) is 9.92. The molecule has 0 aliphatic rings. The van der Waals surface area contributed by atoms with Crippen molar-refractivity contribution in [1.29, 1.82) is 0 Å². The summed E-state index contributed by atoms with van der Waals surface area (Å²) in [5.74, 6) is 8.84. The third-order valence-electron chi connectivity index (χ3n) is 2.89. The van der Waals surface area contributed by atoms with Crippen molar-refractivity contribution in [3.05, 3.63) is 35.4 Å². The van der Waals surface area contributed by atoms with Crippen molar-refractivity contribution in [2.24, 2.45) is 17.4 Å². The molecule has 0 amide bonds. The highest BCUT2D eigenvalue weighted by Gasteiger charge is 2.07. The number of Topliss-reactive ketones (excluding diaryl/α,β-unsaturated/α-hetero) is 1. The fraction of sp³-hybridized carbons (Fsp3) is 0.500. The fourth-order valence-corrected chi connectivity index (χ4v) is 1.50. The maximum Gasteiger partial charge on any atom is 0.162 e. The third-order valence-corrected chi connectivity index (χ3v) is 2.89. The lowest BCUT2D eigenvalue weighted by molar-refractivity contribution is 0.101. The van der Waals surface area contributed by atoms with Crippen LogP contribution in [0.2, 0.25) is 0 Å². The van der Waals surface area contributed by atoms with Gasteiger partial charge in [-0.05, 0) is 51.4 Å². The summed E-state index contributed by atoms with van der Waals surface area (Å²) in [4.78, 5) is 10.6. The lowest BCUT2D eigenvalue weighted by Crippen LogP contribution is -2.44. The number of nitrogens with two attached hydrogens (primary N) is 3. The van der Waals surface area contributed by atoms with E-state index < -0.39 is 17.4 Å². The van der Waals surface area contributed by atoms with Gasteiger partial charge in [0, 0.05) is 6.04 Å². The molecule has 0 saturated carbocycles. The Morgan fingerprint density at radius 2 is 1.64 bits per heavy atom. The van der Waals surface area contributed by atoms with Crippen molar-refractivity contribution in [3.63, 3.8) is 0 Å². The van der Waals surface area contributed by atoms with Crippen LogP contribution in [0.1, 0.15) is 43.5 Å². The molecular formula is C14H28Cl4F2N4O. The van der Waals surface area contributed by atoms with Crippen LogP contribution in [0, 0.1) is 11.6 Å². The van der Waals surface area contributed by atoms with Crippen molar-refractivity contribution >= 4 is 55.4 Å². The molecule has 0 spiro atoms. The van der Waals surface area contributed by atoms with Gasteiger partial charge >= 0.3 is 0 Å². The summed E-state index contributed by atoms with van der Waals surface area (Å²) in [5, 5.41) is 1.25. The molecule has 1 rings (SSSR count). The Kier molecular flexibility index (Phi) is 28.7. The van der Waals surface area contributed by atoms with Gasteiger partial charge in [-0.25, -0.2) is 8.78 Å². The van der Waals surface area contributed by atoms with Crippen molar-refractivity contribution in [3.8, 4) is 0 Å². The fourth-order valence-electron chi connectivity index (χ4n) is 1.50. The Labute approximate surface area is 172 Å². The van der Waals surface area contributed by atoms with Crippen LogP contribution in [0.4, 0.5) is 8.78 Å². The van der Waals surface area contributed by atoms with Crippen molar-refractivity contribution < 1.29 is 13.6 Å². The Balaban J connectivity index is -0.0000000924. The summed E-state index contributed by atoms with van der Waals surface area (Å²) in [6, 6.07) is 3.05. The molecule has 1 aromatic carbocycles. The smallest absolute Gasteiger partial charge is 0.162 e. The van der Waals surface area contributed by atoms with E-state index in [0.29, 0.717) is 0 Å². The summed E-state index contributed by atoms with van der Waals surface area (Å²) in [6.07, 6.45) is 3.17. The molecule has 11 heteroatoms. The van der Waals surface area contributed by atoms with Crippen LogP contribution in [-0.4, -0.2) is 23.5 Å². The minimum Gasteiger partial charge on any atom is -0.330 e. The molecule has 0 aliphatic carbocycles. The monoisotopic (exact) mass is 446 g/mol. The maximum atomic E-state index is 12.6. The second kappa shape index (κ2) is 20.1. The second-order valence-corrected chi connectivity index (χ2v) is 4.76. The van der Waals surface area contributed by atoms with Gasteiger partial charge in [-0.2, -0.15) is 5.12 Å². The maximum absolute atomic E-state index is 12.6. The van der Waals surface area contributed by atoms with Gasteiger partial charge in [0.2, 0.25) is 0 Å². The molecule has 152 valence electrons. The van der Waals surface area contributed by atoms with Crippen LogP contribution in [0.25, 0.3) is 0 Å². The highest BCUT2D eigenvalue weighted by molar-refractivity contribution is 5.94. The molecule has 6 N–H and O–H groups in total. The van der Waals surface area contributed by atoms with Gasteiger partial charge in [0.05, 0.1) is 5.56 Å². The predicted octanol–water partition coefficient (Wildman–Crippen LogP) is 3.41. The Morgan fingerprint density at radius 3 is 2.00 bits per heavy atom. The second-order valence-electron chi connectivity index (χ2n) is 4.76. The highest BCUT2D eigenvalue weighted by Crippen LogP contribution is 2.09. The number of carbonyl (C=O) groups is 1. The first-order valence-electron chi connectivity index (χ1n) is 6.74. The molecule has 5 nitrogen and oxygen atoms in total. The number of hydrogen-bond acceptors (Lipinski definition) is 5. The lowest BCUT2D eigenvalue weighted by Gasteiger charge is -2.17. The van der Waals surface area contributed by atoms with Gasteiger partial charge in [-0.1, -0.05) is 6.42 Å². The van der Waals surface area contributed by atoms with E-state index in [-0.39, 0.29) is 61.2 Å². The van der Waals surface area contributed by atoms with E-state index in [0.717, 1.165) is 44.0 Å². The van der Waals surface area contributed by atoms with Crippen molar-refractivity contribution in [2.75, 3.05) is 6.54 Å². The number of halogens is 6. The standard InChI is InChI=1S/C8H6F2O.C6H18N4.4ClH/c1-5(11)7-4-6(9)2-3-8(7)10;1-6(10(8)9)4-2-3-5-7;;;;/h2-4H,1H3;6H,2-5,7-9H2,1H3;4*1H. The number of hydrogen-bond donors (Lipinski definition) is 3. The summed E-state index contributed by atoms with van der Waals surface area (Å²) >= 11 is 0. The third kappa shape index (κ3) is 16.9. The first-order chi connectivity index (χ1) is 9.79. The van der Waals surface area contributed by atoms with E-state index in [2.05, 4.69) is 0 Å². The number of hydrazine groups is 2. The van der Waals surface area contributed by atoms with Crippen molar-refractivity contribution in [1.82, 2.24) is 5.12 Å². The Morgan fingerprint density at radius 1 is 1.12 bits per heavy atom. The van der Waals surface area contributed by atoms with Gasteiger partial charge in [0.25, 0.3) is 0 Å².